The summed E-state index contributed by atoms with van der Waals surface area (Å²) in [4.78, 5) is 34.1. The predicted octanol–water partition coefficient (Wildman–Crippen LogP) is 0.709. The zero-order chi connectivity index (χ0) is 17.6. The number of fused-ring (bicyclic) bond motifs is 2. The second-order valence-electron chi connectivity index (χ2n) is 6.91. The van der Waals surface area contributed by atoms with Gasteiger partial charge in [0, 0.05) is 25.3 Å². The molecule has 8 nitrogen and oxygen atoms in total. The van der Waals surface area contributed by atoms with Crippen molar-refractivity contribution in [1.29, 1.82) is 0 Å². The maximum Gasteiger partial charge on any atom is 0.265 e. The molecule has 1 saturated heterocycles. The van der Waals surface area contributed by atoms with Crippen LogP contribution in [0.5, 0.6) is 0 Å². The third kappa shape index (κ3) is 2.95. The van der Waals surface area contributed by atoms with Gasteiger partial charge in [-0.15, -0.1) is 0 Å². The molecule has 0 aliphatic carbocycles. The summed E-state index contributed by atoms with van der Waals surface area (Å²) in [6.07, 6.45) is 3.86. The third-order valence-electron chi connectivity index (χ3n) is 5.29. The average molecular weight is 362 g/mol. The van der Waals surface area contributed by atoms with E-state index in [-0.39, 0.29) is 17.5 Å². The molecule has 0 radical (unpaired) electrons. The molecule has 9 heteroatoms. The highest BCUT2D eigenvalue weighted by molar-refractivity contribution is 7.99. The number of thioether (sulfide) groups is 1. The molecule has 25 heavy (non-hydrogen) atoms. The third-order valence-corrected chi connectivity index (χ3v) is 6.39. The Morgan fingerprint density at radius 2 is 2.20 bits per heavy atom. The number of H-pyrrole nitrogens is 1. The number of carbonyl (C=O) groups is 1. The summed E-state index contributed by atoms with van der Waals surface area (Å²) in [7, 11) is 4.00. The number of rotatable bonds is 3. The van der Waals surface area contributed by atoms with Crippen LogP contribution in [-0.4, -0.2) is 74.4 Å². The first kappa shape index (κ1) is 16.6. The summed E-state index contributed by atoms with van der Waals surface area (Å²) >= 11 is 1.52. The number of amides is 1. The van der Waals surface area contributed by atoms with Crippen LogP contribution in [0.4, 0.5) is 0 Å². The van der Waals surface area contributed by atoms with Crippen molar-refractivity contribution < 1.29 is 4.79 Å². The Kier molecular flexibility index (Phi) is 4.28. The summed E-state index contributed by atoms with van der Waals surface area (Å²) in [5.74, 6) is 0.808. The number of nitrogens with one attached hydrogen (secondary N) is 1. The highest BCUT2D eigenvalue weighted by Crippen LogP contribution is 2.33. The molecule has 0 aromatic carbocycles. The van der Waals surface area contributed by atoms with E-state index < -0.39 is 0 Å². The van der Waals surface area contributed by atoms with Crippen molar-refractivity contribution in [3.05, 3.63) is 16.6 Å². The lowest BCUT2D eigenvalue weighted by Crippen LogP contribution is -2.45. The van der Waals surface area contributed by atoms with Crippen LogP contribution in [-0.2, 0) is 4.79 Å². The van der Waals surface area contributed by atoms with Gasteiger partial charge >= 0.3 is 0 Å². The zero-order valence-corrected chi connectivity index (χ0v) is 15.3. The summed E-state index contributed by atoms with van der Waals surface area (Å²) < 4.78 is 1.67. The van der Waals surface area contributed by atoms with E-state index in [1.165, 1.54) is 18.0 Å². The Balaban J connectivity index is 1.51. The van der Waals surface area contributed by atoms with Crippen LogP contribution in [0, 0.1) is 0 Å². The molecule has 134 valence electrons. The van der Waals surface area contributed by atoms with Gasteiger partial charge in [-0.1, -0.05) is 11.8 Å². The fourth-order valence-corrected chi connectivity index (χ4v) is 4.77. The number of hydrogen-bond acceptors (Lipinski definition) is 6. The summed E-state index contributed by atoms with van der Waals surface area (Å²) in [5, 5.41) is 7.79. The van der Waals surface area contributed by atoms with Crippen molar-refractivity contribution in [1.82, 2.24) is 29.5 Å². The Hall–Kier alpha value is -1.87. The molecule has 0 bridgehead atoms. The molecule has 2 aliphatic heterocycles. The van der Waals surface area contributed by atoms with Gasteiger partial charge in [0.15, 0.2) is 10.8 Å². The van der Waals surface area contributed by atoms with Crippen molar-refractivity contribution in [3.63, 3.8) is 0 Å². The van der Waals surface area contributed by atoms with Crippen molar-refractivity contribution >= 4 is 28.7 Å². The number of hydrogen-bond donors (Lipinski definition) is 1. The smallest absolute Gasteiger partial charge is 0.265 e. The minimum Gasteiger partial charge on any atom is -0.343 e. The molecule has 4 rings (SSSR count). The fourth-order valence-electron chi connectivity index (χ4n) is 3.64. The normalized spacial score (nSPS) is 21.6. The summed E-state index contributed by atoms with van der Waals surface area (Å²) in [6.45, 7) is 2.04. The second-order valence-corrected chi connectivity index (χ2v) is 7.90. The van der Waals surface area contributed by atoms with Crippen LogP contribution >= 0.6 is 11.8 Å². The van der Waals surface area contributed by atoms with E-state index in [0.717, 1.165) is 25.9 Å². The second kappa shape index (κ2) is 6.45. The Bertz CT molecular complexity index is 854. The number of aromatic amines is 1. The van der Waals surface area contributed by atoms with E-state index in [1.54, 1.807) is 4.57 Å². The molecule has 2 aromatic heterocycles. The number of nitrogens with zero attached hydrogens (tertiary/aromatic N) is 5. The van der Waals surface area contributed by atoms with E-state index in [1.807, 2.05) is 11.9 Å². The average Bonchev–Trinajstić information content (AvgIpc) is 3.23. The SMILES string of the molecule is CN1CCC(N(C)C(=O)CC2CSc3nc4[nH]ncc4c(=O)n32)CC1. The predicted molar refractivity (Wildman–Crippen MR) is 95.8 cm³/mol. The van der Waals surface area contributed by atoms with Gasteiger partial charge in [0.1, 0.15) is 5.39 Å². The minimum absolute atomic E-state index is 0.104. The summed E-state index contributed by atoms with van der Waals surface area (Å²) in [6, 6.07) is 0.156. The van der Waals surface area contributed by atoms with Crippen molar-refractivity contribution in [2.75, 3.05) is 32.9 Å². The lowest BCUT2D eigenvalue weighted by molar-refractivity contribution is -0.133. The van der Waals surface area contributed by atoms with Gasteiger partial charge in [-0.2, -0.15) is 5.10 Å². The van der Waals surface area contributed by atoms with Crippen LogP contribution < -0.4 is 5.56 Å². The fraction of sp³-hybridized carbons (Fsp3) is 0.625. The van der Waals surface area contributed by atoms with Crippen LogP contribution in [0.1, 0.15) is 25.3 Å². The van der Waals surface area contributed by atoms with Gasteiger partial charge in [-0.05, 0) is 33.0 Å². The maximum atomic E-state index is 12.8. The largest absolute Gasteiger partial charge is 0.343 e. The lowest BCUT2D eigenvalue weighted by atomic mass is 10.0. The highest BCUT2D eigenvalue weighted by atomic mass is 32.2. The molecular formula is C16H22N6O2S. The van der Waals surface area contributed by atoms with E-state index in [9.17, 15) is 9.59 Å². The van der Waals surface area contributed by atoms with Gasteiger partial charge in [-0.3, -0.25) is 19.3 Å². The topological polar surface area (TPSA) is 87.1 Å². The first-order valence-corrected chi connectivity index (χ1v) is 9.55. The van der Waals surface area contributed by atoms with E-state index in [0.29, 0.717) is 34.4 Å². The van der Waals surface area contributed by atoms with E-state index >= 15 is 0 Å². The lowest BCUT2D eigenvalue weighted by Gasteiger charge is -2.35. The van der Waals surface area contributed by atoms with Crippen molar-refractivity contribution in [2.24, 2.45) is 0 Å². The van der Waals surface area contributed by atoms with Crippen molar-refractivity contribution in [3.8, 4) is 0 Å². The number of aromatic nitrogens is 4. The zero-order valence-electron chi connectivity index (χ0n) is 14.4. The van der Waals surface area contributed by atoms with Gasteiger partial charge < -0.3 is 9.80 Å². The Morgan fingerprint density at radius 3 is 2.96 bits per heavy atom. The highest BCUT2D eigenvalue weighted by Gasteiger charge is 2.31. The molecule has 1 fully saturated rings. The molecule has 0 spiro atoms. The number of carbonyl (C=O) groups excluding carboxylic acids is 1. The first-order chi connectivity index (χ1) is 12.0. The van der Waals surface area contributed by atoms with E-state index in [4.69, 9.17) is 0 Å². The Labute approximate surface area is 149 Å². The molecule has 4 heterocycles. The molecule has 1 unspecified atom stereocenters. The Morgan fingerprint density at radius 1 is 1.44 bits per heavy atom. The quantitative estimate of drug-likeness (QED) is 0.809. The summed E-state index contributed by atoms with van der Waals surface area (Å²) in [5.41, 5.74) is 0.401. The number of piperidine rings is 1. The molecule has 2 aliphatic rings. The molecule has 1 amide bonds. The molecule has 1 N–H and O–H groups in total. The maximum absolute atomic E-state index is 12.8. The first-order valence-electron chi connectivity index (χ1n) is 8.57. The standard InChI is InChI=1S/C16H22N6O2S/c1-20-5-3-10(4-6-20)21(2)13(23)7-11-9-25-16-18-14-12(8-17-19-14)15(24)22(11)16/h8,10-11H,3-7,9H2,1-2H3,(H,17,19). The van der Waals surface area contributed by atoms with Gasteiger partial charge in [0.05, 0.1) is 12.2 Å². The monoisotopic (exact) mass is 362 g/mol. The molecule has 1 atom stereocenters. The molecule has 0 saturated carbocycles. The van der Waals surface area contributed by atoms with Gasteiger partial charge in [0.2, 0.25) is 5.91 Å². The van der Waals surface area contributed by atoms with Crippen LogP contribution in [0.25, 0.3) is 11.0 Å². The van der Waals surface area contributed by atoms with E-state index in [2.05, 4.69) is 27.1 Å². The molecular weight excluding hydrogens is 340 g/mol. The van der Waals surface area contributed by atoms with Crippen molar-refractivity contribution in [2.45, 2.75) is 36.5 Å². The van der Waals surface area contributed by atoms with Gasteiger partial charge in [-0.25, -0.2) is 4.98 Å². The molecule has 2 aromatic rings. The number of likely N-dealkylation sites (tertiary alicyclic amines) is 1. The minimum atomic E-state index is -0.138. The van der Waals surface area contributed by atoms with Crippen LogP contribution in [0.3, 0.4) is 0 Å². The van der Waals surface area contributed by atoms with Crippen LogP contribution in [0.2, 0.25) is 0 Å². The van der Waals surface area contributed by atoms with Gasteiger partial charge in [0.25, 0.3) is 5.56 Å². The van der Waals surface area contributed by atoms with Crippen LogP contribution in [0.15, 0.2) is 16.1 Å².